The molecule has 4 rings (SSSR count). The first kappa shape index (κ1) is 21.1. The zero-order chi connectivity index (χ0) is 21.6. The minimum atomic E-state index is -0.0582. The van der Waals surface area contributed by atoms with Gasteiger partial charge in [0.15, 0.2) is 0 Å². The summed E-state index contributed by atoms with van der Waals surface area (Å²) in [6, 6.07) is 15.6. The minimum Gasteiger partial charge on any atom is -0.497 e. The number of hydrogen-bond acceptors (Lipinski definition) is 5. The van der Waals surface area contributed by atoms with Gasteiger partial charge in [-0.15, -0.1) is 11.3 Å². The molecule has 160 valence electrons. The predicted octanol–water partition coefficient (Wildman–Crippen LogP) is 5.32. The summed E-state index contributed by atoms with van der Waals surface area (Å²) in [4.78, 5) is 19.2. The van der Waals surface area contributed by atoms with Crippen LogP contribution < -0.4 is 14.8 Å². The maximum atomic E-state index is 13.2. The number of amides is 1. The standard InChI is InChI=1S/C25H26N2O3S/c1-29-19-13-12-18(21(14-19)30-2)16-27-25-23(20-10-6-7-11-22(20)31-25)24(28)26-15-17-8-4-3-5-9-17/h3-5,8-9,12-14,16H,6-7,10-11,15H2,1-2H3,(H,26,28). The van der Waals surface area contributed by atoms with Crippen molar-refractivity contribution in [2.24, 2.45) is 4.99 Å². The minimum absolute atomic E-state index is 0.0582. The van der Waals surface area contributed by atoms with Gasteiger partial charge in [0.25, 0.3) is 5.91 Å². The van der Waals surface area contributed by atoms with Crippen molar-refractivity contribution in [2.45, 2.75) is 32.2 Å². The van der Waals surface area contributed by atoms with Crippen molar-refractivity contribution in [3.8, 4) is 11.5 Å². The van der Waals surface area contributed by atoms with E-state index in [4.69, 9.17) is 14.5 Å². The van der Waals surface area contributed by atoms with Crippen LogP contribution in [0.15, 0.2) is 53.5 Å². The first-order valence-electron chi connectivity index (χ1n) is 10.4. The molecule has 2 aromatic carbocycles. The zero-order valence-corrected chi connectivity index (χ0v) is 18.6. The number of thiophene rings is 1. The van der Waals surface area contributed by atoms with E-state index >= 15 is 0 Å². The van der Waals surface area contributed by atoms with Crippen molar-refractivity contribution in [2.75, 3.05) is 14.2 Å². The molecule has 1 aromatic heterocycles. The molecule has 0 radical (unpaired) electrons. The average Bonchev–Trinajstić information content (AvgIpc) is 3.20. The molecule has 1 aliphatic rings. The highest BCUT2D eigenvalue weighted by Gasteiger charge is 2.25. The van der Waals surface area contributed by atoms with Gasteiger partial charge >= 0.3 is 0 Å². The molecule has 1 N–H and O–H groups in total. The van der Waals surface area contributed by atoms with Gasteiger partial charge in [0, 0.05) is 29.3 Å². The number of fused-ring (bicyclic) bond motifs is 1. The molecule has 0 unspecified atom stereocenters. The fraction of sp³-hybridized carbons (Fsp3) is 0.280. The molecule has 0 atom stereocenters. The van der Waals surface area contributed by atoms with Crippen LogP contribution >= 0.6 is 11.3 Å². The summed E-state index contributed by atoms with van der Waals surface area (Å²) in [7, 11) is 3.25. The lowest BCUT2D eigenvalue weighted by Crippen LogP contribution is -2.24. The number of aryl methyl sites for hydroxylation is 1. The lowest BCUT2D eigenvalue weighted by atomic mass is 9.95. The molecule has 1 aliphatic carbocycles. The Hall–Kier alpha value is -3.12. The van der Waals surface area contributed by atoms with Crippen LogP contribution in [0.25, 0.3) is 0 Å². The fourth-order valence-electron chi connectivity index (χ4n) is 3.80. The number of ether oxygens (including phenoxy) is 2. The molecular formula is C25H26N2O3S. The van der Waals surface area contributed by atoms with E-state index in [9.17, 15) is 4.79 Å². The van der Waals surface area contributed by atoms with Gasteiger partial charge in [-0.3, -0.25) is 4.79 Å². The van der Waals surface area contributed by atoms with Gasteiger partial charge in [-0.2, -0.15) is 0 Å². The fourth-order valence-corrected chi connectivity index (χ4v) is 5.03. The smallest absolute Gasteiger partial charge is 0.254 e. The number of carbonyl (C=O) groups is 1. The van der Waals surface area contributed by atoms with Crippen molar-refractivity contribution in [1.29, 1.82) is 0 Å². The van der Waals surface area contributed by atoms with Crippen molar-refractivity contribution >= 4 is 28.5 Å². The van der Waals surface area contributed by atoms with Gasteiger partial charge in [-0.05, 0) is 48.9 Å². The van der Waals surface area contributed by atoms with Crippen molar-refractivity contribution in [1.82, 2.24) is 5.32 Å². The van der Waals surface area contributed by atoms with Crippen LogP contribution in [-0.2, 0) is 19.4 Å². The number of rotatable bonds is 7. The normalized spacial score (nSPS) is 13.1. The molecule has 31 heavy (non-hydrogen) atoms. The third-order valence-electron chi connectivity index (χ3n) is 5.44. The van der Waals surface area contributed by atoms with Crippen molar-refractivity contribution in [3.05, 3.63) is 75.7 Å². The van der Waals surface area contributed by atoms with E-state index in [0.717, 1.165) is 58.7 Å². The Morgan fingerprint density at radius 3 is 2.68 bits per heavy atom. The lowest BCUT2D eigenvalue weighted by molar-refractivity contribution is 0.0951. The summed E-state index contributed by atoms with van der Waals surface area (Å²) in [6.07, 6.45) is 5.98. The van der Waals surface area contributed by atoms with Gasteiger partial charge in [-0.25, -0.2) is 4.99 Å². The van der Waals surface area contributed by atoms with Gasteiger partial charge < -0.3 is 14.8 Å². The highest BCUT2D eigenvalue weighted by molar-refractivity contribution is 7.16. The van der Waals surface area contributed by atoms with Gasteiger partial charge in [-0.1, -0.05) is 30.3 Å². The van der Waals surface area contributed by atoms with Crippen LogP contribution in [0.2, 0.25) is 0 Å². The zero-order valence-electron chi connectivity index (χ0n) is 17.8. The predicted molar refractivity (Wildman–Crippen MR) is 125 cm³/mol. The Labute approximate surface area is 186 Å². The number of aliphatic imine (C=N–C) groups is 1. The highest BCUT2D eigenvalue weighted by Crippen LogP contribution is 2.40. The Balaban J connectivity index is 1.62. The number of nitrogens with one attached hydrogen (secondary N) is 1. The van der Waals surface area contributed by atoms with Crippen LogP contribution in [0, 0.1) is 0 Å². The maximum absolute atomic E-state index is 13.2. The summed E-state index contributed by atoms with van der Waals surface area (Å²) in [5.41, 5.74) is 3.80. The van der Waals surface area contributed by atoms with Crippen molar-refractivity contribution in [3.63, 3.8) is 0 Å². The van der Waals surface area contributed by atoms with E-state index in [-0.39, 0.29) is 5.91 Å². The average molecular weight is 435 g/mol. The Kier molecular flexibility index (Phi) is 6.67. The molecule has 1 amide bonds. The Bertz CT molecular complexity index is 1090. The Morgan fingerprint density at radius 1 is 1.10 bits per heavy atom. The van der Waals surface area contributed by atoms with E-state index in [1.54, 1.807) is 31.8 Å². The van der Waals surface area contributed by atoms with Crippen LogP contribution in [0.3, 0.4) is 0 Å². The molecule has 1 heterocycles. The molecule has 3 aromatic rings. The quantitative estimate of drug-likeness (QED) is 0.512. The summed E-state index contributed by atoms with van der Waals surface area (Å²) in [5, 5.41) is 3.84. The van der Waals surface area contributed by atoms with Gasteiger partial charge in [0.1, 0.15) is 16.5 Å². The first-order valence-corrected chi connectivity index (χ1v) is 11.2. The number of methoxy groups -OCH3 is 2. The summed E-state index contributed by atoms with van der Waals surface area (Å²) < 4.78 is 10.7. The maximum Gasteiger partial charge on any atom is 0.254 e. The lowest BCUT2D eigenvalue weighted by Gasteiger charge is -2.13. The molecule has 6 heteroatoms. The van der Waals surface area contributed by atoms with E-state index in [2.05, 4.69) is 5.32 Å². The van der Waals surface area contributed by atoms with Crippen LogP contribution in [0.4, 0.5) is 5.00 Å². The summed E-state index contributed by atoms with van der Waals surface area (Å²) >= 11 is 1.63. The molecular weight excluding hydrogens is 408 g/mol. The van der Waals surface area contributed by atoms with Crippen LogP contribution in [-0.4, -0.2) is 26.3 Å². The van der Waals surface area contributed by atoms with E-state index in [1.807, 2.05) is 48.5 Å². The molecule has 0 bridgehead atoms. The number of carbonyl (C=O) groups excluding carboxylic acids is 1. The van der Waals surface area contributed by atoms with E-state index in [0.29, 0.717) is 12.3 Å². The van der Waals surface area contributed by atoms with Gasteiger partial charge in [0.05, 0.1) is 19.8 Å². The molecule has 0 saturated carbocycles. The molecule has 0 saturated heterocycles. The summed E-state index contributed by atoms with van der Waals surface area (Å²) in [6.45, 7) is 0.500. The Morgan fingerprint density at radius 2 is 1.90 bits per heavy atom. The molecule has 0 spiro atoms. The molecule has 0 fully saturated rings. The molecule has 0 aliphatic heterocycles. The van der Waals surface area contributed by atoms with E-state index in [1.165, 1.54) is 4.88 Å². The van der Waals surface area contributed by atoms with Crippen molar-refractivity contribution < 1.29 is 14.3 Å². The largest absolute Gasteiger partial charge is 0.497 e. The topological polar surface area (TPSA) is 59.9 Å². The van der Waals surface area contributed by atoms with E-state index < -0.39 is 0 Å². The number of hydrogen-bond donors (Lipinski definition) is 1. The van der Waals surface area contributed by atoms with Crippen LogP contribution in [0.1, 0.15) is 44.8 Å². The SMILES string of the molecule is COc1ccc(C=Nc2sc3c(c2C(=O)NCc2ccccc2)CCCC3)c(OC)c1. The van der Waals surface area contributed by atoms with Crippen LogP contribution in [0.5, 0.6) is 11.5 Å². The number of nitrogens with zero attached hydrogens (tertiary/aromatic N) is 1. The monoisotopic (exact) mass is 434 g/mol. The second kappa shape index (κ2) is 9.79. The first-order chi connectivity index (χ1) is 15.2. The second-order valence-corrected chi connectivity index (χ2v) is 8.51. The number of benzene rings is 2. The molecule has 5 nitrogen and oxygen atoms in total. The third-order valence-corrected chi connectivity index (χ3v) is 6.64. The highest BCUT2D eigenvalue weighted by atomic mass is 32.1. The summed E-state index contributed by atoms with van der Waals surface area (Å²) in [5.74, 6) is 1.35. The third kappa shape index (κ3) is 4.80. The second-order valence-electron chi connectivity index (χ2n) is 7.43. The van der Waals surface area contributed by atoms with Gasteiger partial charge in [0.2, 0.25) is 0 Å².